The summed E-state index contributed by atoms with van der Waals surface area (Å²) in [6.07, 6.45) is 5.04. The predicted octanol–water partition coefficient (Wildman–Crippen LogP) is 3.89. The molecule has 2 aromatic rings. The molecule has 0 bridgehead atoms. The highest BCUT2D eigenvalue weighted by Gasteiger charge is 2.25. The zero-order valence-electron chi connectivity index (χ0n) is 11.9. The van der Waals surface area contributed by atoms with Gasteiger partial charge in [0.15, 0.2) is 0 Å². The fourth-order valence-electron chi connectivity index (χ4n) is 2.47. The van der Waals surface area contributed by atoms with Gasteiger partial charge in [-0.05, 0) is 31.4 Å². The summed E-state index contributed by atoms with van der Waals surface area (Å²) in [6.45, 7) is 3.19. The smallest absolute Gasteiger partial charge is 0.139 e. The van der Waals surface area contributed by atoms with Crippen LogP contribution in [0, 0.1) is 0 Å². The molecule has 3 rings (SSSR count). The zero-order valence-corrected chi connectivity index (χ0v) is 12.7. The maximum absolute atomic E-state index is 4.45. The molecule has 106 valence electrons. The van der Waals surface area contributed by atoms with Gasteiger partial charge in [-0.2, -0.15) is 0 Å². The van der Waals surface area contributed by atoms with E-state index in [0.29, 0.717) is 5.92 Å². The summed E-state index contributed by atoms with van der Waals surface area (Å²) in [4.78, 5) is 0. The van der Waals surface area contributed by atoms with Crippen LogP contribution >= 0.6 is 11.3 Å². The summed E-state index contributed by atoms with van der Waals surface area (Å²) in [5.74, 6) is 0.670. The molecule has 1 atom stereocenters. The molecule has 1 aromatic carbocycles. The number of aromatic nitrogens is 2. The number of nitrogens with one attached hydrogen (secondary N) is 1. The Morgan fingerprint density at radius 3 is 2.70 bits per heavy atom. The van der Waals surface area contributed by atoms with Crippen molar-refractivity contribution in [3.8, 4) is 0 Å². The molecule has 1 heterocycles. The van der Waals surface area contributed by atoms with E-state index in [2.05, 4.69) is 52.8 Å². The average molecular weight is 287 g/mol. The first-order valence-electron chi connectivity index (χ1n) is 7.50. The first-order chi connectivity index (χ1) is 9.88. The van der Waals surface area contributed by atoms with Gasteiger partial charge in [0.2, 0.25) is 0 Å². The minimum atomic E-state index is 0.183. The van der Waals surface area contributed by atoms with E-state index < -0.39 is 0 Å². The van der Waals surface area contributed by atoms with E-state index in [1.807, 2.05) is 0 Å². The van der Waals surface area contributed by atoms with Crippen LogP contribution in [-0.2, 0) is 0 Å². The minimum Gasteiger partial charge on any atom is -0.304 e. The van der Waals surface area contributed by atoms with Crippen LogP contribution < -0.4 is 5.32 Å². The van der Waals surface area contributed by atoms with Gasteiger partial charge in [-0.3, -0.25) is 0 Å². The molecule has 0 amide bonds. The Morgan fingerprint density at radius 2 is 2.05 bits per heavy atom. The van der Waals surface area contributed by atoms with Crippen LogP contribution in [0.4, 0.5) is 0 Å². The van der Waals surface area contributed by atoms with Crippen molar-refractivity contribution in [2.24, 2.45) is 0 Å². The lowest BCUT2D eigenvalue weighted by atomic mass is 9.86. The van der Waals surface area contributed by atoms with E-state index in [1.54, 1.807) is 11.3 Å². The molecule has 1 fully saturated rings. The second kappa shape index (κ2) is 6.46. The highest BCUT2D eigenvalue weighted by atomic mass is 32.1. The molecular formula is C16H21N3S. The van der Waals surface area contributed by atoms with Crippen molar-refractivity contribution in [1.82, 2.24) is 15.5 Å². The van der Waals surface area contributed by atoms with Crippen LogP contribution in [0.3, 0.4) is 0 Å². The zero-order chi connectivity index (χ0) is 13.8. The third-order valence-corrected chi connectivity index (χ3v) is 5.04. The van der Waals surface area contributed by atoms with Gasteiger partial charge < -0.3 is 5.32 Å². The summed E-state index contributed by atoms with van der Waals surface area (Å²) in [5.41, 5.74) is 1.28. The van der Waals surface area contributed by atoms with Crippen LogP contribution in [0.1, 0.15) is 60.1 Å². The van der Waals surface area contributed by atoms with Gasteiger partial charge in [0, 0.05) is 5.92 Å². The minimum absolute atomic E-state index is 0.183. The topological polar surface area (TPSA) is 37.8 Å². The Bertz CT molecular complexity index is 534. The van der Waals surface area contributed by atoms with Crippen LogP contribution in [0.15, 0.2) is 30.3 Å². The fourth-order valence-corrected chi connectivity index (χ4v) is 3.58. The number of rotatable bonds is 6. The van der Waals surface area contributed by atoms with Crippen molar-refractivity contribution in [1.29, 1.82) is 0 Å². The summed E-state index contributed by atoms with van der Waals surface area (Å²) in [6, 6.07) is 10.7. The van der Waals surface area contributed by atoms with Gasteiger partial charge in [-0.25, -0.2) is 0 Å². The summed E-state index contributed by atoms with van der Waals surface area (Å²) < 4.78 is 0. The number of hydrogen-bond acceptors (Lipinski definition) is 4. The van der Waals surface area contributed by atoms with Crippen LogP contribution in [-0.4, -0.2) is 16.7 Å². The van der Waals surface area contributed by atoms with Crippen LogP contribution in [0.2, 0.25) is 0 Å². The quantitative estimate of drug-likeness (QED) is 0.875. The van der Waals surface area contributed by atoms with Crippen molar-refractivity contribution >= 4 is 11.3 Å². The molecule has 0 saturated heterocycles. The molecule has 0 radical (unpaired) electrons. The summed E-state index contributed by atoms with van der Waals surface area (Å²) >= 11 is 1.79. The second-order valence-corrected chi connectivity index (χ2v) is 6.44. The number of benzene rings is 1. The largest absolute Gasteiger partial charge is 0.304 e. The van der Waals surface area contributed by atoms with Gasteiger partial charge in [0.25, 0.3) is 0 Å². The molecule has 1 aliphatic rings. The van der Waals surface area contributed by atoms with Crippen molar-refractivity contribution in [2.45, 2.75) is 44.6 Å². The van der Waals surface area contributed by atoms with Gasteiger partial charge in [-0.1, -0.05) is 55.0 Å². The van der Waals surface area contributed by atoms with Crippen LogP contribution in [0.5, 0.6) is 0 Å². The van der Waals surface area contributed by atoms with E-state index in [1.165, 1.54) is 29.8 Å². The molecular weight excluding hydrogens is 266 g/mol. The lowest BCUT2D eigenvalue weighted by molar-refractivity contribution is 0.416. The van der Waals surface area contributed by atoms with Gasteiger partial charge in [0.05, 0.1) is 6.04 Å². The highest BCUT2D eigenvalue weighted by molar-refractivity contribution is 7.11. The first kappa shape index (κ1) is 13.7. The molecule has 3 nitrogen and oxygen atoms in total. The normalized spacial score (nSPS) is 16.9. The lowest BCUT2D eigenvalue weighted by Gasteiger charge is -2.22. The van der Waals surface area contributed by atoms with Crippen molar-refractivity contribution in [3.05, 3.63) is 45.9 Å². The summed E-state index contributed by atoms with van der Waals surface area (Å²) in [7, 11) is 0. The maximum atomic E-state index is 4.45. The molecule has 4 heteroatoms. The maximum Gasteiger partial charge on any atom is 0.139 e. The number of hydrogen-bond donors (Lipinski definition) is 1. The van der Waals surface area contributed by atoms with E-state index in [9.17, 15) is 0 Å². The van der Waals surface area contributed by atoms with E-state index in [0.717, 1.165) is 18.0 Å². The predicted molar refractivity (Wildman–Crippen MR) is 83.1 cm³/mol. The third-order valence-electron chi connectivity index (χ3n) is 3.89. The molecule has 0 aliphatic heterocycles. The first-order valence-corrected chi connectivity index (χ1v) is 8.31. The summed E-state index contributed by atoms with van der Waals surface area (Å²) in [5, 5.41) is 14.8. The van der Waals surface area contributed by atoms with E-state index in [-0.39, 0.29) is 6.04 Å². The Hall–Kier alpha value is -1.26. The monoisotopic (exact) mass is 287 g/mol. The van der Waals surface area contributed by atoms with Crippen molar-refractivity contribution < 1.29 is 0 Å². The number of nitrogens with zero attached hydrogens (tertiary/aromatic N) is 2. The Balaban J connectivity index is 1.82. The van der Waals surface area contributed by atoms with Gasteiger partial charge in [-0.15, -0.1) is 10.2 Å². The molecule has 1 saturated carbocycles. The Morgan fingerprint density at radius 1 is 1.25 bits per heavy atom. The van der Waals surface area contributed by atoms with Gasteiger partial charge >= 0.3 is 0 Å². The molecule has 20 heavy (non-hydrogen) atoms. The van der Waals surface area contributed by atoms with E-state index in [4.69, 9.17) is 0 Å². The molecule has 1 aromatic heterocycles. The van der Waals surface area contributed by atoms with Gasteiger partial charge in [0.1, 0.15) is 10.0 Å². The van der Waals surface area contributed by atoms with Crippen molar-refractivity contribution in [2.75, 3.05) is 6.54 Å². The molecule has 1 aliphatic carbocycles. The van der Waals surface area contributed by atoms with E-state index >= 15 is 0 Å². The second-order valence-electron chi connectivity index (χ2n) is 5.40. The molecule has 1 unspecified atom stereocenters. The SMILES string of the molecule is CCCNC(c1ccccc1)c1nnc(C2CCC2)s1. The third kappa shape index (κ3) is 2.91. The molecule has 1 N–H and O–H groups in total. The standard InChI is InChI=1S/C16H21N3S/c1-2-11-17-14(12-7-4-3-5-8-12)16-19-18-15(20-16)13-9-6-10-13/h3-5,7-8,13-14,17H,2,6,9-11H2,1H3. The lowest BCUT2D eigenvalue weighted by Crippen LogP contribution is -2.23. The Kier molecular flexibility index (Phi) is 4.43. The average Bonchev–Trinajstić information content (AvgIpc) is 2.88. The van der Waals surface area contributed by atoms with Crippen molar-refractivity contribution in [3.63, 3.8) is 0 Å². The highest BCUT2D eigenvalue weighted by Crippen LogP contribution is 2.39. The molecule has 0 spiro atoms. The van der Waals surface area contributed by atoms with Crippen LogP contribution in [0.25, 0.3) is 0 Å². The fraction of sp³-hybridized carbons (Fsp3) is 0.500. The Labute approximate surface area is 124 Å².